The van der Waals surface area contributed by atoms with Crippen LogP contribution in [0.5, 0.6) is 0 Å². The van der Waals surface area contributed by atoms with E-state index in [-0.39, 0.29) is 23.9 Å². The van der Waals surface area contributed by atoms with Crippen LogP contribution >= 0.6 is 23.2 Å². The van der Waals surface area contributed by atoms with Crippen LogP contribution < -0.4 is 10.9 Å². The quantitative estimate of drug-likeness (QED) is 0.791. The van der Waals surface area contributed by atoms with Crippen molar-refractivity contribution < 1.29 is 9.18 Å². The molecular weight excluding hydrogens is 370 g/mol. The molecule has 0 saturated carbocycles. The summed E-state index contributed by atoms with van der Waals surface area (Å²) in [5.41, 5.74) is 0.340. The van der Waals surface area contributed by atoms with Gasteiger partial charge in [0.2, 0.25) is 0 Å². The van der Waals surface area contributed by atoms with Gasteiger partial charge in [-0.2, -0.15) is 0 Å². The molecule has 2 N–H and O–H groups in total. The molecule has 6 nitrogen and oxygen atoms in total. The van der Waals surface area contributed by atoms with Crippen molar-refractivity contribution in [2.24, 2.45) is 0 Å². The summed E-state index contributed by atoms with van der Waals surface area (Å²) in [5.74, 6) is -0.460. The maximum absolute atomic E-state index is 14.1. The largest absolute Gasteiger partial charge is 0.326 e. The molecule has 1 fully saturated rings. The van der Waals surface area contributed by atoms with Crippen molar-refractivity contribution in [2.75, 3.05) is 5.32 Å². The van der Waals surface area contributed by atoms with E-state index in [1.54, 1.807) is 4.90 Å². The molecular formula is C16H13Cl2FN4O2. The lowest BCUT2D eigenvalue weighted by molar-refractivity contribution is 0.178. The molecule has 9 heteroatoms. The Balaban J connectivity index is 1.63. The minimum absolute atomic E-state index is 0.156. The fourth-order valence-electron chi connectivity index (χ4n) is 3.65. The fraction of sp³-hybridized carbons (Fsp3) is 0.312. The number of fused-ring (bicyclic) bond motifs is 4. The molecule has 130 valence electrons. The topological polar surface area (TPSA) is 78.1 Å². The van der Waals surface area contributed by atoms with Crippen LogP contribution in [0.1, 0.15) is 30.0 Å². The molecule has 2 aliphatic rings. The van der Waals surface area contributed by atoms with Crippen molar-refractivity contribution in [3.63, 3.8) is 0 Å². The highest BCUT2D eigenvalue weighted by atomic mass is 35.5. The predicted octanol–water partition coefficient (Wildman–Crippen LogP) is 3.51. The predicted molar refractivity (Wildman–Crippen MR) is 91.6 cm³/mol. The summed E-state index contributed by atoms with van der Waals surface area (Å²) in [6, 6.07) is 0.703. The van der Waals surface area contributed by atoms with Crippen LogP contribution in [0.2, 0.25) is 10.0 Å². The molecule has 0 unspecified atom stereocenters. The van der Waals surface area contributed by atoms with Gasteiger partial charge < -0.3 is 9.88 Å². The van der Waals surface area contributed by atoms with E-state index in [4.69, 9.17) is 23.2 Å². The average Bonchev–Trinajstić information content (AvgIpc) is 2.90. The molecule has 2 atom stereocenters. The Kier molecular flexibility index (Phi) is 3.92. The Labute approximate surface area is 152 Å². The van der Waals surface area contributed by atoms with Gasteiger partial charge in [-0.05, 0) is 24.8 Å². The summed E-state index contributed by atoms with van der Waals surface area (Å²) in [5, 5.41) is 3.29. The second-order valence-electron chi connectivity index (χ2n) is 6.14. The van der Waals surface area contributed by atoms with Gasteiger partial charge in [-0.15, -0.1) is 0 Å². The average molecular weight is 383 g/mol. The standard InChI is InChI=1S/C16H13Cl2FN4O2/c17-10-4-13(20-6-11(10)18)22-16(25)23-7-1-2-12(23)9-5-21-15(24)14(19)8(9)3-7/h4-7,12H,1-3H2,(H,21,24)(H,20,22,25)/t7-,12+/m0/s1. The zero-order valence-electron chi connectivity index (χ0n) is 12.9. The van der Waals surface area contributed by atoms with Crippen molar-refractivity contribution in [3.8, 4) is 0 Å². The molecule has 25 heavy (non-hydrogen) atoms. The Morgan fingerprint density at radius 2 is 2.16 bits per heavy atom. The van der Waals surface area contributed by atoms with Gasteiger partial charge in [-0.1, -0.05) is 23.2 Å². The maximum Gasteiger partial charge on any atom is 0.323 e. The zero-order valence-corrected chi connectivity index (χ0v) is 14.4. The van der Waals surface area contributed by atoms with Crippen molar-refractivity contribution in [3.05, 3.63) is 55.8 Å². The maximum atomic E-state index is 14.1. The molecule has 2 aromatic rings. The number of aromatic nitrogens is 2. The number of aromatic amines is 1. The van der Waals surface area contributed by atoms with Crippen molar-refractivity contribution >= 4 is 35.1 Å². The van der Waals surface area contributed by atoms with E-state index in [2.05, 4.69) is 15.3 Å². The van der Waals surface area contributed by atoms with Crippen LogP contribution in [0.4, 0.5) is 15.0 Å². The summed E-state index contributed by atoms with van der Waals surface area (Å²) in [7, 11) is 0. The molecule has 0 aromatic carbocycles. The third-order valence-electron chi connectivity index (χ3n) is 4.75. The number of urea groups is 1. The van der Waals surface area contributed by atoms with E-state index in [1.165, 1.54) is 18.5 Å². The minimum Gasteiger partial charge on any atom is -0.326 e. The number of hydrogen-bond donors (Lipinski definition) is 2. The van der Waals surface area contributed by atoms with E-state index >= 15 is 0 Å². The minimum atomic E-state index is -0.749. The monoisotopic (exact) mass is 382 g/mol. The number of hydrogen-bond acceptors (Lipinski definition) is 3. The van der Waals surface area contributed by atoms with Crippen LogP contribution in [-0.4, -0.2) is 26.9 Å². The highest BCUT2D eigenvalue weighted by Crippen LogP contribution is 2.43. The SMILES string of the molecule is O=C(Nc1cc(Cl)c(Cl)cn1)N1[C@H]2CC[C@@H]1c1c[nH]c(=O)c(F)c1C2. The van der Waals surface area contributed by atoms with Gasteiger partial charge in [-0.3, -0.25) is 10.1 Å². The molecule has 0 aliphatic carbocycles. The van der Waals surface area contributed by atoms with Crippen LogP contribution in [0.25, 0.3) is 0 Å². The third-order valence-corrected chi connectivity index (χ3v) is 5.46. The molecule has 0 radical (unpaired) electrons. The number of nitrogens with zero attached hydrogens (tertiary/aromatic N) is 2. The second kappa shape index (κ2) is 6.00. The lowest BCUT2D eigenvalue weighted by atomic mass is 9.95. The summed E-state index contributed by atoms with van der Waals surface area (Å²) >= 11 is 11.8. The molecule has 2 amide bonds. The number of rotatable bonds is 1. The van der Waals surface area contributed by atoms with E-state index in [1.807, 2.05) is 0 Å². The van der Waals surface area contributed by atoms with Crippen LogP contribution in [0.15, 0.2) is 23.3 Å². The van der Waals surface area contributed by atoms with Gasteiger partial charge in [0.15, 0.2) is 5.82 Å². The Hall–Kier alpha value is -2.12. The molecule has 1 saturated heterocycles. The third kappa shape index (κ3) is 2.67. The molecule has 2 aliphatic heterocycles. The van der Waals surface area contributed by atoms with E-state index in [0.717, 1.165) is 6.42 Å². The summed E-state index contributed by atoms with van der Waals surface area (Å²) in [6.45, 7) is 0. The molecule has 4 heterocycles. The van der Waals surface area contributed by atoms with Gasteiger partial charge >= 0.3 is 6.03 Å². The number of amides is 2. The molecule has 0 spiro atoms. The Morgan fingerprint density at radius 1 is 1.36 bits per heavy atom. The van der Waals surface area contributed by atoms with Gasteiger partial charge in [-0.25, -0.2) is 14.2 Å². The first-order chi connectivity index (χ1) is 12.0. The number of carbonyl (C=O) groups is 1. The van der Waals surface area contributed by atoms with Gasteiger partial charge in [0.1, 0.15) is 5.82 Å². The van der Waals surface area contributed by atoms with Crippen molar-refractivity contribution in [2.45, 2.75) is 31.3 Å². The van der Waals surface area contributed by atoms with Crippen LogP contribution in [0, 0.1) is 5.82 Å². The lowest BCUT2D eigenvalue weighted by Gasteiger charge is -2.36. The fourth-order valence-corrected chi connectivity index (χ4v) is 3.91. The van der Waals surface area contributed by atoms with E-state index in [0.29, 0.717) is 34.0 Å². The normalized spacial score (nSPS) is 21.2. The summed E-state index contributed by atoms with van der Waals surface area (Å²) in [6.07, 6.45) is 4.65. The number of halogens is 3. The smallest absolute Gasteiger partial charge is 0.323 e. The van der Waals surface area contributed by atoms with Gasteiger partial charge in [0, 0.05) is 30.1 Å². The van der Waals surface area contributed by atoms with Gasteiger partial charge in [0.05, 0.1) is 16.1 Å². The van der Waals surface area contributed by atoms with Crippen molar-refractivity contribution in [1.29, 1.82) is 0 Å². The molecule has 4 rings (SSSR count). The first-order valence-electron chi connectivity index (χ1n) is 7.76. The van der Waals surface area contributed by atoms with Crippen molar-refractivity contribution in [1.82, 2.24) is 14.9 Å². The molecule has 2 bridgehead atoms. The molecule has 2 aromatic heterocycles. The Morgan fingerprint density at radius 3 is 2.92 bits per heavy atom. The highest BCUT2D eigenvalue weighted by molar-refractivity contribution is 6.42. The number of pyridine rings is 2. The summed E-state index contributed by atoms with van der Waals surface area (Å²) in [4.78, 5) is 32.3. The first-order valence-corrected chi connectivity index (χ1v) is 8.51. The number of nitrogens with one attached hydrogen (secondary N) is 2. The zero-order chi connectivity index (χ0) is 17.7. The van der Waals surface area contributed by atoms with E-state index < -0.39 is 11.4 Å². The van der Waals surface area contributed by atoms with Crippen LogP contribution in [-0.2, 0) is 6.42 Å². The Bertz CT molecular complexity index is 933. The van der Waals surface area contributed by atoms with Crippen LogP contribution in [0.3, 0.4) is 0 Å². The number of H-pyrrole nitrogens is 1. The highest BCUT2D eigenvalue weighted by Gasteiger charge is 2.44. The summed E-state index contributed by atoms with van der Waals surface area (Å²) < 4.78 is 14.1. The van der Waals surface area contributed by atoms with E-state index in [9.17, 15) is 14.0 Å². The number of carbonyl (C=O) groups excluding carboxylic acids is 1. The first kappa shape index (κ1) is 16.4. The number of anilines is 1. The lowest BCUT2D eigenvalue weighted by Crippen LogP contribution is -2.45. The van der Waals surface area contributed by atoms with Gasteiger partial charge in [0.25, 0.3) is 5.56 Å². The second-order valence-corrected chi connectivity index (χ2v) is 6.95.